The molecule has 0 atom stereocenters. The number of carboxylic acid groups (broad SMARTS) is 1. The smallest absolute Gasteiger partial charge is 0.335 e. The molecule has 2 N–H and O–H groups in total. The second kappa shape index (κ2) is 10.6. The molecular formula is C23H14Cl2FN3O4. The minimum Gasteiger partial charge on any atom is -0.486 e. The summed E-state index contributed by atoms with van der Waals surface area (Å²) in [6.07, 6.45) is 1.27. The minimum absolute atomic E-state index is 0.0939. The average molecular weight is 486 g/mol. The third kappa shape index (κ3) is 6.07. The molecule has 0 aliphatic rings. The number of carboxylic acids is 1. The third-order valence-electron chi connectivity index (χ3n) is 4.33. The molecule has 3 aromatic rings. The molecule has 10 heteroatoms. The summed E-state index contributed by atoms with van der Waals surface area (Å²) in [5.74, 6) is -2.43. The molecule has 3 rings (SSSR count). The van der Waals surface area contributed by atoms with Crippen molar-refractivity contribution < 1.29 is 23.8 Å². The van der Waals surface area contributed by atoms with E-state index in [-0.39, 0.29) is 39.1 Å². The molecule has 0 saturated heterocycles. The molecule has 0 heterocycles. The van der Waals surface area contributed by atoms with Gasteiger partial charge in [-0.25, -0.2) is 14.6 Å². The van der Waals surface area contributed by atoms with Crippen molar-refractivity contribution in [3.63, 3.8) is 0 Å². The van der Waals surface area contributed by atoms with Crippen molar-refractivity contribution in [1.29, 1.82) is 5.26 Å². The molecule has 0 aliphatic carbocycles. The van der Waals surface area contributed by atoms with E-state index in [1.54, 1.807) is 18.2 Å². The van der Waals surface area contributed by atoms with Gasteiger partial charge >= 0.3 is 5.97 Å². The topological polar surface area (TPSA) is 112 Å². The number of carbonyl (C=O) groups excluding carboxylic acids is 1. The van der Waals surface area contributed by atoms with Gasteiger partial charge in [-0.05, 0) is 53.6 Å². The summed E-state index contributed by atoms with van der Waals surface area (Å²) in [6.45, 7) is 0.110. The summed E-state index contributed by atoms with van der Waals surface area (Å²) in [4.78, 5) is 23.0. The Bertz CT molecular complexity index is 1260. The molecule has 0 fully saturated rings. The van der Waals surface area contributed by atoms with E-state index in [4.69, 9.17) is 38.3 Å². The van der Waals surface area contributed by atoms with Gasteiger partial charge in [-0.2, -0.15) is 10.4 Å². The predicted octanol–water partition coefficient (Wildman–Crippen LogP) is 5.05. The van der Waals surface area contributed by atoms with Crippen molar-refractivity contribution in [3.8, 4) is 11.8 Å². The maximum Gasteiger partial charge on any atom is 0.335 e. The highest BCUT2D eigenvalue weighted by molar-refractivity contribution is 6.37. The Hall–Kier alpha value is -3.93. The van der Waals surface area contributed by atoms with Gasteiger partial charge in [-0.3, -0.25) is 4.79 Å². The minimum atomic E-state index is -1.02. The molecular weight excluding hydrogens is 472 g/mol. The van der Waals surface area contributed by atoms with Crippen molar-refractivity contribution in [3.05, 3.63) is 98.3 Å². The summed E-state index contributed by atoms with van der Waals surface area (Å²) in [6, 6.07) is 14.4. The van der Waals surface area contributed by atoms with Crippen LogP contribution in [0.3, 0.4) is 0 Å². The van der Waals surface area contributed by atoms with Crippen LogP contribution in [-0.2, 0) is 6.61 Å². The normalized spacial score (nSPS) is 10.6. The summed E-state index contributed by atoms with van der Waals surface area (Å²) in [5, 5.41) is 21.8. The molecule has 0 unspecified atom stereocenters. The number of hydrogen-bond donors (Lipinski definition) is 2. The first kappa shape index (κ1) is 23.7. The van der Waals surface area contributed by atoms with Crippen LogP contribution in [0.5, 0.6) is 5.75 Å². The van der Waals surface area contributed by atoms with Crippen LogP contribution in [0.15, 0.2) is 59.7 Å². The van der Waals surface area contributed by atoms with Crippen LogP contribution in [0.1, 0.15) is 37.4 Å². The van der Waals surface area contributed by atoms with E-state index in [2.05, 4.69) is 10.5 Å². The van der Waals surface area contributed by atoms with Gasteiger partial charge in [0.1, 0.15) is 12.4 Å². The zero-order chi connectivity index (χ0) is 24.0. The lowest BCUT2D eigenvalue weighted by Gasteiger charge is -2.11. The van der Waals surface area contributed by atoms with E-state index in [1.165, 1.54) is 42.6 Å². The Labute approximate surface area is 197 Å². The quantitative estimate of drug-likeness (QED) is 0.359. The molecule has 0 saturated carbocycles. The van der Waals surface area contributed by atoms with E-state index < -0.39 is 17.7 Å². The van der Waals surface area contributed by atoms with Gasteiger partial charge in [0, 0.05) is 0 Å². The van der Waals surface area contributed by atoms with Crippen molar-refractivity contribution in [2.24, 2.45) is 5.10 Å². The van der Waals surface area contributed by atoms with Crippen molar-refractivity contribution in [2.75, 3.05) is 0 Å². The Balaban J connectivity index is 1.64. The second-order valence-corrected chi connectivity index (χ2v) is 7.42. The number of benzene rings is 3. The summed E-state index contributed by atoms with van der Waals surface area (Å²) in [5.41, 5.74) is 3.34. The largest absolute Gasteiger partial charge is 0.486 e. The van der Waals surface area contributed by atoms with E-state index in [9.17, 15) is 14.0 Å². The number of hydrazone groups is 1. The Morgan fingerprint density at radius 1 is 1.12 bits per heavy atom. The first-order valence-corrected chi connectivity index (χ1v) is 10.0. The number of rotatable bonds is 7. The molecule has 1 amide bonds. The summed E-state index contributed by atoms with van der Waals surface area (Å²) >= 11 is 12.5. The fraction of sp³-hybridized carbons (Fsp3) is 0.0435. The number of hydrogen-bond acceptors (Lipinski definition) is 5. The van der Waals surface area contributed by atoms with E-state index in [1.807, 2.05) is 0 Å². The van der Waals surface area contributed by atoms with Gasteiger partial charge in [0.15, 0.2) is 5.75 Å². The van der Waals surface area contributed by atoms with Crippen LogP contribution < -0.4 is 10.2 Å². The monoisotopic (exact) mass is 485 g/mol. The third-order valence-corrected chi connectivity index (χ3v) is 4.89. The molecule has 0 spiro atoms. The highest BCUT2D eigenvalue weighted by atomic mass is 35.5. The van der Waals surface area contributed by atoms with Crippen LogP contribution in [0, 0.1) is 17.1 Å². The van der Waals surface area contributed by atoms with E-state index >= 15 is 0 Å². The van der Waals surface area contributed by atoms with Crippen LogP contribution in [0.2, 0.25) is 10.0 Å². The highest BCUT2D eigenvalue weighted by Crippen LogP contribution is 2.34. The molecule has 3 aromatic carbocycles. The fourth-order valence-electron chi connectivity index (χ4n) is 2.69. The number of ether oxygens (including phenoxy) is 1. The van der Waals surface area contributed by atoms with Crippen molar-refractivity contribution in [2.45, 2.75) is 6.61 Å². The van der Waals surface area contributed by atoms with Gasteiger partial charge in [0.05, 0.1) is 39.0 Å². The summed E-state index contributed by atoms with van der Waals surface area (Å²) in [7, 11) is 0. The van der Waals surface area contributed by atoms with Crippen LogP contribution in [0.4, 0.5) is 4.39 Å². The lowest BCUT2D eigenvalue weighted by atomic mass is 10.1. The number of carbonyl (C=O) groups is 2. The van der Waals surface area contributed by atoms with Crippen molar-refractivity contribution in [1.82, 2.24) is 5.43 Å². The highest BCUT2D eigenvalue weighted by Gasteiger charge is 2.13. The number of nitriles is 1. The second-order valence-electron chi connectivity index (χ2n) is 6.61. The van der Waals surface area contributed by atoms with Gasteiger partial charge < -0.3 is 9.84 Å². The number of amides is 1. The molecule has 166 valence electrons. The molecule has 0 aromatic heterocycles. The van der Waals surface area contributed by atoms with Gasteiger partial charge in [-0.1, -0.05) is 35.3 Å². The first-order chi connectivity index (χ1) is 15.8. The standard InChI is InChI=1S/C23H14Cl2FN3O4/c24-18-7-15(11-28-29-22(30)17-6-3-14(10-27)9-20(17)26)8-19(25)21(18)33-12-13-1-4-16(5-2-13)23(31)32/h1-9,11H,12H2,(H,29,30)(H,31,32)/b28-11-. The Morgan fingerprint density at radius 2 is 1.79 bits per heavy atom. The van der Waals surface area contributed by atoms with Crippen molar-refractivity contribution >= 4 is 41.3 Å². The first-order valence-electron chi connectivity index (χ1n) is 9.25. The number of nitrogens with zero attached hydrogens (tertiary/aromatic N) is 2. The van der Waals surface area contributed by atoms with Gasteiger partial charge in [0.25, 0.3) is 5.91 Å². The maximum atomic E-state index is 13.9. The van der Waals surface area contributed by atoms with E-state index in [0.29, 0.717) is 5.56 Å². The Morgan fingerprint density at radius 3 is 2.36 bits per heavy atom. The fourth-order valence-corrected chi connectivity index (χ4v) is 3.30. The van der Waals surface area contributed by atoms with Crippen LogP contribution >= 0.6 is 23.2 Å². The van der Waals surface area contributed by atoms with E-state index in [0.717, 1.165) is 11.6 Å². The molecule has 7 nitrogen and oxygen atoms in total. The number of halogens is 3. The maximum absolute atomic E-state index is 13.9. The molecule has 0 bridgehead atoms. The number of aromatic carboxylic acids is 1. The molecule has 0 aliphatic heterocycles. The van der Waals surface area contributed by atoms with Gasteiger partial charge in [0.2, 0.25) is 0 Å². The average Bonchev–Trinajstić information content (AvgIpc) is 2.78. The van der Waals surface area contributed by atoms with Crippen LogP contribution in [0.25, 0.3) is 0 Å². The predicted molar refractivity (Wildman–Crippen MR) is 120 cm³/mol. The SMILES string of the molecule is N#Cc1ccc(C(=O)N/N=C\c2cc(Cl)c(OCc3ccc(C(=O)O)cc3)c(Cl)c2)c(F)c1. The molecule has 0 radical (unpaired) electrons. The Kier molecular flexibility index (Phi) is 7.61. The lowest BCUT2D eigenvalue weighted by Crippen LogP contribution is -2.19. The zero-order valence-electron chi connectivity index (χ0n) is 16.7. The zero-order valence-corrected chi connectivity index (χ0v) is 18.2. The lowest BCUT2D eigenvalue weighted by molar-refractivity contribution is 0.0696. The summed E-state index contributed by atoms with van der Waals surface area (Å²) < 4.78 is 19.6. The van der Waals surface area contributed by atoms with Gasteiger partial charge in [-0.15, -0.1) is 0 Å². The number of nitrogens with one attached hydrogen (secondary N) is 1. The van der Waals surface area contributed by atoms with Crippen LogP contribution in [-0.4, -0.2) is 23.2 Å². The molecule has 33 heavy (non-hydrogen) atoms.